The SMILES string of the molecule is CSc1ccc(C(=O)NCC(C)CC(C)O)cc1. The second-order valence-electron chi connectivity index (χ2n) is 4.63. The molecule has 0 bridgehead atoms. The molecule has 18 heavy (non-hydrogen) atoms. The molecule has 0 saturated carbocycles. The Morgan fingerprint density at radius 2 is 1.94 bits per heavy atom. The number of amides is 1. The van der Waals surface area contributed by atoms with Crippen LogP contribution in [0.5, 0.6) is 0 Å². The highest BCUT2D eigenvalue weighted by atomic mass is 32.2. The van der Waals surface area contributed by atoms with E-state index in [1.165, 1.54) is 0 Å². The Hall–Kier alpha value is -1.00. The Labute approximate surface area is 113 Å². The molecule has 0 saturated heterocycles. The fourth-order valence-corrected chi connectivity index (χ4v) is 2.19. The van der Waals surface area contributed by atoms with Crippen LogP contribution in [0.25, 0.3) is 0 Å². The van der Waals surface area contributed by atoms with Gasteiger partial charge in [0.1, 0.15) is 0 Å². The van der Waals surface area contributed by atoms with E-state index in [1.807, 2.05) is 37.4 Å². The van der Waals surface area contributed by atoms with E-state index >= 15 is 0 Å². The predicted molar refractivity (Wildman–Crippen MR) is 76.0 cm³/mol. The Balaban J connectivity index is 2.44. The first-order valence-electron chi connectivity index (χ1n) is 6.13. The summed E-state index contributed by atoms with van der Waals surface area (Å²) >= 11 is 1.65. The molecule has 0 aliphatic rings. The number of nitrogens with one attached hydrogen (secondary N) is 1. The summed E-state index contributed by atoms with van der Waals surface area (Å²) in [6.45, 7) is 4.37. The lowest BCUT2D eigenvalue weighted by molar-refractivity contribution is 0.0939. The van der Waals surface area contributed by atoms with Gasteiger partial charge in [0.25, 0.3) is 5.91 Å². The van der Waals surface area contributed by atoms with Crippen LogP contribution in [0.4, 0.5) is 0 Å². The summed E-state index contributed by atoms with van der Waals surface area (Å²) in [5, 5.41) is 12.1. The number of benzene rings is 1. The van der Waals surface area contributed by atoms with E-state index in [2.05, 4.69) is 5.32 Å². The molecule has 1 rings (SSSR count). The summed E-state index contributed by atoms with van der Waals surface area (Å²) in [6.07, 6.45) is 2.39. The summed E-state index contributed by atoms with van der Waals surface area (Å²) in [7, 11) is 0. The van der Waals surface area contributed by atoms with E-state index in [9.17, 15) is 9.90 Å². The number of aliphatic hydroxyl groups is 1. The van der Waals surface area contributed by atoms with E-state index in [1.54, 1.807) is 18.7 Å². The quantitative estimate of drug-likeness (QED) is 0.779. The van der Waals surface area contributed by atoms with Gasteiger partial charge in [-0.1, -0.05) is 6.92 Å². The molecular formula is C14H21NO2S. The van der Waals surface area contributed by atoms with Gasteiger partial charge in [0.05, 0.1) is 6.10 Å². The molecule has 4 heteroatoms. The van der Waals surface area contributed by atoms with Crippen molar-refractivity contribution in [1.29, 1.82) is 0 Å². The number of hydrogen-bond donors (Lipinski definition) is 2. The van der Waals surface area contributed by atoms with Gasteiger partial charge in [0.2, 0.25) is 0 Å². The van der Waals surface area contributed by atoms with Crippen molar-refractivity contribution in [2.75, 3.05) is 12.8 Å². The number of rotatable bonds is 6. The third-order valence-corrected chi connectivity index (χ3v) is 3.45. The monoisotopic (exact) mass is 267 g/mol. The third kappa shape index (κ3) is 5.10. The molecule has 0 aromatic heterocycles. The zero-order valence-corrected chi connectivity index (χ0v) is 12.0. The number of carbonyl (C=O) groups is 1. The van der Waals surface area contributed by atoms with Gasteiger partial charge in [-0.05, 0) is 49.8 Å². The average molecular weight is 267 g/mol. The molecule has 100 valence electrons. The second-order valence-corrected chi connectivity index (χ2v) is 5.51. The lowest BCUT2D eigenvalue weighted by Crippen LogP contribution is -2.29. The highest BCUT2D eigenvalue weighted by Gasteiger charge is 2.09. The fraction of sp³-hybridized carbons (Fsp3) is 0.500. The lowest BCUT2D eigenvalue weighted by Gasteiger charge is -2.14. The van der Waals surface area contributed by atoms with Crippen molar-refractivity contribution in [3.05, 3.63) is 29.8 Å². The molecule has 2 unspecified atom stereocenters. The van der Waals surface area contributed by atoms with E-state index in [4.69, 9.17) is 0 Å². The van der Waals surface area contributed by atoms with Gasteiger partial charge in [-0.25, -0.2) is 0 Å². The standard InChI is InChI=1S/C14H21NO2S/c1-10(8-11(2)16)9-15-14(17)12-4-6-13(18-3)7-5-12/h4-7,10-11,16H,8-9H2,1-3H3,(H,15,17). The molecule has 0 aliphatic heterocycles. The molecule has 2 N–H and O–H groups in total. The van der Waals surface area contributed by atoms with Crippen LogP contribution in [0, 0.1) is 5.92 Å². The Kier molecular flexibility index (Phi) is 6.22. The van der Waals surface area contributed by atoms with Crippen molar-refractivity contribution in [2.24, 2.45) is 5.92 Å². The van der Waals surface area contributed by atoms with Crippen molar-refractivity contribution in [3.8, 4) is 0 Å². The van der Waals surface area contributed by atoms with Crippen molar-refractivity contribution in [3.63, 3.8) is 0 Å². The average Bonchev–Trinajstić information content (AvgIpc) is 2.35. The molecule has 1 aromatic rings. The van der Waals surface area contributed by atoms with Gasteiger partial charge < -0.3 is 10.4 Å². The van der Waals surface area contributed by atoms with Crippen molar-refractivity contribution < 1.29 is 9.90 Å². The zero-order valence-electron chi connectivity index (χ0n) is 11.1. The van der Waals surface area contributed by atoms with E-state index in [0.29, 0.717) is 18.5 Å². The summed E-state index contributed by atoms with van der Waals surface area (Å²) < 4.78 is 0. The van der Waals surface area contributed by atoms with E-state index in [0.717, 1.165) is 4.90 Å². The molecule has 0 heterocycles. The van der Waals surface area contributed by atoms with Gasteiger partial charge in [0, 0.05) is 17.0 Å². The molecule has 1 amide bonds. The summed E-state index contributed by atoms with van der Waals surface area (Å²) in [6, 6.07) is 7.55. The Morgan fingerprint density at radius 3 is 2.44 bits per heavy atom. The molecule has 0 radical (unpaired) electrons. The fourth-order valence-electron chi connectivity index (χ4n) is 1.78. The van der Waals surface area contributed by atoms with Crippen LogP contribution in [0.1, 0.15) is 30.6 Å². The van der Waals surface area contributed by atoms with E-state index < -0.39 is 0 Å². The minimum Gasteiger partial charge on any atom is -0.393 e. The molecule has 0 aliphatic carbocycles. The van der Waals surface area contributed by atoms with Crippen LogP contribution in [0.2, 0.25) is 0 Å². The van der Waals surface area contributed by atoms with Crippen molar-refractivity contribution in [2.45, 2.75) is 31.3 Å². The first kappa shape index (κ1) is 15.1. The minimum absolute atomic E-state index is 0.0555. The number of hydrogen-bond acceptors (Lipinski definition) is 3. The molecule has 1 aromatic carbocycles. The highest BCUT2D eigenvalue weighted by Crippen LogP contribution is 2.14. The third-order valence-electron chi connectivity index (χ3n) is 2.71. The zero-order chi connectivity index (χ0) is 13.5. The van der Waals surface area contributed by atoms with Gasteiger partial charge in [-0.15, -0.1) is 11.8 Å². The van der Waals surface area contributed by atoms with Gasteiger partial charge >= 0.3 is 0 Å². The van der Waals surface area contributed by atoms with Crippen LogP contribution in [-0.4, -0.2) is 29.9 Å². The maximum Gasteiger partial charge on any atom is 0.251 e. The van der Waals surface area contributed by atoms with Gasteiger partial charge in [-0.2, -0.15) is 0 Å². The van der Waals surface area contributed by atoms with Crippen molar-refractivity contribution in [1.82, 2.24) is 5.32 Å². The van der Waals surface area contributed by atoms with E-state index in [-0.39, 0.29) is 17.9 Å². The first-order valence-corrected chi connectivity index (χ1v) is 7.35. The van der Waals surface area contributed by atoms with Crippen LogP contribution in [0.15, 0.2) is 29.2 Å². The molecule has 0 spiro atoms. The number of carbonyl (C=O) groups excluding carboxylic acids is 1. The normalized spacial score (nSPS) is 14.0. The minimum atomic E-state index is -0.322. The largest absolute Gasteiger partial charge is 0.393 e. The topological polar surface area (TPSA) is 49.3 Å². The number of thioether (sulfide) groups is 1. The summed E-state index contributed by atoms with van der Waals surface area (Å²) in [5.41, 5.74) is 0.678. The molecule has 0 fully saturated rings. The van der Waals surface area contributed by atoms with Crippen LogP contribution in [-0.2, 0) is 0 Å². The Morgan fingerprint density at radius 1 is 1.33 bits per heavy atom. The van der Waals surface area contributed by atoms with Crippen LogP contribution >= 0.6 is 11.8 Å². The molecule has 3 nitrogen and oxygen atoms in total. The van der Waals surface area contributed by atoms with Crippen LogP contribution < -0.4 is 5.32 Å². The first-order chi connectivity index (χ1) is 8.52. The smallest absolute Gasteiger partial charge is 0.251 e. The highest BCUT2D eigenvalue weighted by molar-refractivity contribution is 7.98. The van der Waals surface area contributed by atoms with Gasteiger partial charge in [-0.3, -0.25) is 4.79 Å². The number of aliphatic hydroxyl groups excluding tert-OH is 1. The van der Waals surface area contributed by atoms with Crippen molar-refractivity contribution >= 4 is 17.7 Å². The maximum absolute atomic E-state index is 11.9. The maximum atomic E-state index is 11.9. The van der Waals surface area contributed by atoms with Gasteiger partial charge in [0.15, 0.2) is 0 Å². The summed E-state index contributed by atoms with van der Waals surface area (Å²) in [4.78, 5) is 13.0. The molecular weight excluding hydrogens is 246 g/mol. The molecule has 2 atom stereocenters. The Bertz CT molecular complexity index is 376. The van der Waals surface area contributed by atoms with Crippen LogP contribution in [0.3, 0.4) is 0 Å². The predicted octanol–water partition coefficient (Wildman–Crippen LogP) is 2.55. The second kappa shape index (κ2) is 7.44. The summed E-state index contributed by atoms with van der Waals surface area (Å²) in [5.74, 6) is 0.222. The lowest BCUT2D eigenvalue weighted by atomic mass is 10.0.